The Labute approximate surface area is 268 Å². The van der Waals surface area contributed by atoms with Gasteiger partial charge in [0.15, 0.2) is 23.2 Å². The first-order chi connectivity index (χ1) is 22.3. The summed E-state index contributed by atoms with van der Waals surface area (Å²) in [6.45, 7) is 2.08. The van der Waals surface area contributed by atoms with Crippen molar-refractivity contribution in [1.82, 2.24) is 10.2 Å². The second kappa shape index (κ2) is 13.8. The van der Waals surface area contributed by atoms with Crippen molar-refractivity contribution in [3.63, 3.8) is 0 Å². The van der Waals surface area contributed by atoms with Crippen LogP contribution in [0.2, 0.25) is 0 Å². The van der Waals surface area contributed by atoms with Crippen LogP contribution in [0.1, 0.15) is 60.8 Å². The van der Waals surface area contributed by atoms with E-state index in [2.05, 4.69) is 5.32 Å². The molecule has 0 radical (unpaired) electrons. The molecular weight excluding hydrogens is 620 g/mol. The molecule has 5 rings (SSSR count). The summed E-state index contributed by atoms with van der Waals surface area (Å²) >= 11 is 0. The van der Waals surface area contributed by atoms with Gasteiger partial charge in [-0.25, -0.2) is 27.2 Å². The number of benzene rings is 3. The van der Waals surface area contributed by atoms with Gasteiger partial charge in [0.05, 0.1) is 0 Å². The summed E-state index contributed by atoms with van der Waals surface area (Å²) in [6, 6.07) is 10.9. The maximum Gasteiger partial charge on any atom is 0.415 e. The van der Waals surface area contributed by atoms with E-state index in [4.69, 9.17) is 4.74 Å². The molecule has 2 atom stereocenters. The highest BCUT2D eigenvalue weighted by Gasteiger charge is 2.47. The van der Waals surface area contributed by atoms with Crippen LogP contribution in [-0.2, 0) is 26.2 Å². The van der Waals surface area contributed by atoms with E-state index >= 15 is 0 Å². The second-order valence-corrected chi connectivity index (χ2v) is 12.0. The van der Waals surface area contributed by atoms with Gasteiger partial charge < -0.3 is 20.1 Å². The predicted octanol–water partition coefficient (Wildman–Crippen LogP) is 6.07. The zero-order chi connectivity index (χ0) is 33.9. The van der Waals surface area contributed by atoms with Crippen molar-refractivity contribution >= 4 is 29.8 Å². The Balaban J connectivity index is 1.23. The number of piperidine rings is 1. The molecular formula is C35H32F4N2O6. The smallest absolute Gasteiger partial charge is 0.415 e. The van der Waals surface area contributed by atoms with Crippen molar-refractivity contribution in [2.45, 2.75) is 56.4 Å². The maximum absolute atomic E-state index is 14.5. The van der Waals surface area contributed by atoms with Gasteiger partial charge >= 0.3 is 12.1 Å². The molecule has 1 saturated heterocycles. The van der Waals surface area contributed by atoms with Crippen molar-refractivity contribution in [2.24, 2.45) is 0 Å². The minimum absolute atomic E-state index is 0.0893. The molecule has 0 saturated carbocycles. The minimum Gasteiger partial charge on any atom is -0.480 e. The summed E-state index contributed by atoms with van der Waals surface area (Å²) in [7, 11) is 0. The second-order valence-electron chi connectivity index (χ2n) is 12.0. The number of amides is 2. The van der Waals surface area contributed by atoms with E-state index in [0.29, 0.717) is 50.2 Å². The van der Waals surface area contributed by atoms with Gasteiger partial charge in [0.2, 0.25) is 5.91 Å². The van der Waals surface area contributed by atoms with Crippen LogP contribution in [0.15, 0.2) is 60.7 Å². The highest BCUT2D eigenvalue weighted by atomic mass is 19.2. The molecule has 1 spiro atoms. The molecule has 8 nitrogen and oxygen atoms in total. The number of aliphatic carboxylic acids is 1. The fourth-order valence-corrected chi connectivity index (χ4v) is 6.47. The third kappa shape index (κ3) is 7.70. The van der Waals surface area contributed by atoms with Crippen molar-refractivity contribution in [1.29, 1.82) is 0 Å². The number of carboxylic acid groups (broad SMARTS) is 1. The first-order valence-electron chi connectivity index (χ1n) is 15.0. The van der Waals surface area contributed by atoms with Gasteiger partial charge in [0.25, 0.3) is 0 Å². The van der Waals surface area contributed by atoms with Gasteiger partial charge in [-0.2, -0.15) is 0 Å². The summed E-state index contributed by atoms with van der Waals surface area (Å²) < 4.78 is 60.7. The lowest BCUT2D eigenvalue weighted by Crippen LogP contribution is -2.45. The number of nitrogens with one attached hydrogen (secondary N) is 1. The number of halogens is 4. The Kier molecular flexibility index (Phi) is 9.78. The summed E-state index contributed by atoms with van der Waals surface area (Å²) in [5.74, 6) is -7.25. The minimum atomic E-state index is -1.68. The lowest BCUT2D eigenvalue weighted by Gasteiger charge is -2.40. The monoisotopic (exact) mass is 652 g/mol. The summed E-state index contributed by atoms with van der Waals surface area (Å²) in [4.78, 5) is 50.6. The van der Waals surface area contributed by atoms with Crippen molar-refractivity contribution < 1.29 is 46.6 Å². The number of rotatable bonds is 9. The van der Waals surface area contributed by atoms with Crippen LogP contribution in [0.25, 0.3) is 6.08 Å². The number of ketones is 1. The van der Waals surface area contributed by atoms with Gasteiger partial charge in [-0.3, -0.25) is 9.59 Å². The van der Waals surface area contributed by atoms with Crippen LogP contribution < -0.4 is 10.1 Å². The largest absolute Gasteiger partial charge is 0.480 e. The Morgan fingerprint density at radius 1 is 1.00 bits per heavy atom. The molecule has 47 heavy (non-hydrogen) atoms. The number of allylic oxidation sites excluding steroid dienone is 1. The third-order valence-corrected chi connectivity index (χ3v) is 8.79. The fourth-order valence-electron chi connectivity index (χ4n) is 6.47. The number of carbonyl (C=O) groups is 4. The molecule has 1 aliphatic carbocycles. The molecule has 0 bridgehead atoms. The molecule has 12 heteroatoms. The number of hydrogen-bond acceptors (Lipinski definition) is 5. The number of hydrogen-bond donors (Lipinski definition) is 2. The van der Waals surface area contributed by atoms with Crippen LogP contribution in [0, 0.1) is 23.3 Å². The summed E-state index contributed by atoms with van der Waals surface area (Å²) in [6.07, 6.45) is 3.36. The van der Waals surface area contributed by atoms with Gasteiger partial charge in [-0.05, 0) is 102 Å². The van der Waals surface area contributed by atoms with Gasteiger partial charge in [0.1, 0.15) is 17.6 Å². The maximum atomic E-state index is 14.5. The van der Waals surface area contributed by atoms with E-state index in [1.165, 1.54) is 25.1 Å². The number of fused-ring (bicyclic) bond motifs is 2. The lowest BCUT2D eigenvalue weighted by atomic mass is 9.73. The van der Waals surface area contributed by atoms with Crippen molar-refractivity contribution in [3.05, 3.63) is 106 Å². The Morgan fingerprint density at radius 3 is 2.28 bits per heavy atom. The molecule has 1 heterocycles. The van der Waals surface area contributed by atoms with Gasteiger partial charge in [-0.1, -0.05) is 24.3 Å². The Bertz CT molecular complexity index is 1710. The summed E-state index contributed by atoms with van der Waals surface area (Å²) in [5.41, 5.74) is 1.60. The predicted molar refractivity (Wildman–Crippen MR) is 163 cm³/mol. The van der Waals surface area contributed by atoms with Crippen LogP contribution in [0.5, 0.6) is 5.75 Å². The highest BCUT2D eigenvalue weighted by Crippen LogP contribution is 2.53. The number of nitrogens with zero attached hydrogens (tertiary/aromatic N) is 1. The van der Waals surface area contributed by atoms with Crippen molar-refractivity contribution in [3.8, 4) is 5.75 Å². The van der Waals surface area contributed by atoms with E-state index in [1.54, 1.807) is 41.3 Å². The molecule has 2 N–H and O–H groups in total. The molecule has 246 valence electrons. The molecule has 1 fully saturated rings. The quantitative estimate of drug-likeness (QED) is 0.165. The molecule has 3 aromatic carbocycles. The van der Waals surface area contributed by atoms with Crippen molar-refractivity contribution in [2.75, 3.05) is 13.1 Å². The lowest BCUT2D eigenvalue weighted by molar-refractivity contribution is -0.141. The standard InChI is InChI=1S/C35H32F4N2O6/c1-20(42)2-3-21-4-7-25(8-5-21)47-34(46)41-12-10-35(11-13-41)19-23(26-9-6-24(36)18-27(26)35)17-31(43)40-30(33(44)45)16-22-14-28(37)32(39)29(38)15-22/h2-9,14-15,18,23,30H,10-13,16-17,19H2,1H3,(H,40,43)(H,44,45)/b3-2+/t23-,30-/m0/s1. The first kappa shape index (κ1) is 33.4. The van der Waals surface area contributed by atoms with E-state index < -0.39 is 59.1 Å². The van der Waals surface area contributed by atoms with Gasteiger partial charge in [-0.15, -0.1) is 0 Å². The summed E-state index contributed by atoms with van der Waals surface area (Å²) in [5, 5.41) is 12.1. The third-order valence-electron chi connectivity index (χ3n) is 8.79. The van der Waals surface area contributed by atoms with E-state index in [9.17, 15) is 41.8 Å². The van der Waals surface area contributed by atoms with Crippen LogP contribution >= 0.6 is 0 Å². The number of ether oxygens (including phenoxy) is 1. The van der Waals surface area contributed by atoms with E-state index in [0.717, 1.165) is 16.7 Å². The molecule has 2 amide bonds. The molecule has 1 aliphatic heterocycles. The Hall–Kier alpha value is -5.00. The van der Waals surface area contributed by atoms with Crippen LogP contribution in [0.4, 0.5) is 22.4 Å². The van der Waals surface area contributed by atoms with E-state index in [-0.39, 0.29) is 23.7 Å². The average Bonchev–Trinajstić information content (AvgIpc) is 3.30. The first-order valence-corrected chi connectivity index (χ1v) is 15.0. The van der Waals surface area contributed by atoms with E-state index in [1.807, 2.05) is 0 Å². The molecule has 0 unspecified atom stereocenters. The van der Waals surface area contributed by atoms with Crippen LogP contribution in [-0.4, -0.2) is 52.9 Å². The molecule has 3 aromatic rings. The highest BCUT2D eigenvalue weighted by molar-refractivity contribution is 5.91. The zero-order valence-electron chi connectivity index (χ0n) is 25.4. The number of carboxylic acids is 1. The zero-order valence-corrected chi connectivity index (χ0v) is 25.4. The fraction of sp³-hybridized carbons (Fsp3) is 0.314. The average molecular weight is 653 g/mol. The topological polar surface area (TPSA) is 113 Å². The normalized spacial score (nSPS) is 17.4. The molecule has 0 aromatic heterocycles. The SMILES string of the molecule is CC(=O)/C=C/c1ccc(OC(=O)N2CCC3(CC2)C[C@H](CC(=O)N[C@@H](Cc2cc(F)c(F)c(F)c2)C(=O)O)c2ccc(F)cc23)cc1. The van der Waals surface area contributed by atoms with Crippen LogP contribution in [0.3, 0.4) is 0 Å². The number of likely N-dealkylation sites (tertiary alicyclic amines) is 1. The Morgan fingerprint density at radius 2 is 1.66 bits per heavy atom. The molecule has 2 aliphatic rings. The number of carbonyl (C=O) groups excluding carboxylic acids is 3. The van der Waals surface area contributed by atoms with Gasteiger partial charge in [0, 0.05) is 25.9 Å².